The lowest BCUT2D eigenvalue weighted by molar-refractivity contribution is -0.192. The lowest BCUT2D eigenvalue weighted by Crippen LogP contribution is -2.40. The van der Waals surface area contributed by atoms with E-state index >= 15 is 0 Å². The molecule has 8 nitrogen and oxygen atoms in total. The molecular formula is C24H27F3N2O6S. The summed E-state index contributed by atoms with van der Waals surface area (Å²) in [4.78, 5) is 21.8. The molecule has 3 N–H and O–H groups in total. The molecule has 0 spiro atoms. The lowest BCUT2D eigenvalue weighted by Gasteiger charge is -2.20. The average molecular weight is 529 g/mol. The number of halogens is 3. The number of nitrogens with one attached hydrogen (secondary N) is 2. The van der Waals surface area contributed by atoms with E-state index in [1.807, 2.05) is 12.1 Å². The molecule has 0 aliphatic heterocycles. The monoisotopic (exact) mass is 528 g/mol. The van der Waals surface area contributed by atoms with E-state index in [2.05, 4.69) is 10.0 Å². The maximum Gasteiger partial charge on any atom is 0.490 e. The summed E-state index contributed by atoms with van der Waals surface area (Å²) in [6.07, 6.45) is 1.07. The number of carboxylic acids is 1. The van der Waals surface area contributed by atoms with Crippen molar-refractivity contribution >= 4 is 27.6 Å². The zero-order chi connectivity index (χ0) is 26.6. The van der Waals surface area contributed by atoms with Gasteiger partial charge in [0.25, 0.3) is 10.0 Å². The highest BCUT2D eigenvalue weighted by Gasteiger charge is 2.51. The Kier molecular flexibility index (Phi) is 8.17. The van der Waals surface area contributed by atoms with Crippen LogP contribution in [0.2, 0.25) is 0 Å². The Morgan fingerprint density at radius 1 is 1.06 bits per heavy atom. The third kappa shape index (κ3) is 6.68. The molecule has 2 fully saturated rings. The van der Waals surface area contributed by atoms with Gasteiger partial charge in [0.05, 0.1) is 17.4 Å². The molecule has 2 aliphatic rings. The second kappa shape index (κ2) is 10.8. The number of carboxylic acid groups (broad SMARTS) is 1. The predicted molar refractivity (Wildman–Crippen MR) is 125 cm³/mol. The number of ether oxygens (including phenoxy) is 1. The normalized spacial score (nSPS) is 16.9. The van der Waals surface area contributed by atoms with Gasteiger partial charge < -0.3 is 15.2 Å². The Balaban J connectivity index is 0.000000454. The molecule has 12 heteroatoms. The molecule has 0 bridgehead atoms. The van der Waals surface area contributed by atoms with Crippen LogP contribution >= 0.6 is 0 Å². The van der Waals surface area contributed by atoms with Crippen LogP contribution in [0.3, 0.4) is 0 Å². The number of rotatable bonds is 7. The number of aliphatic carboxylic acids is 1. The van der Waals surface area contributed by atoms with Gasteiger partial charge in [-0.25, -0.2) is 13.2 Å². The highest BCUT2D eigenvalue weighted by atomic mass is 32.2. The van der Waals surface area contributed by atoms with Crippen molar-refractivity contribution in [3.8, 4) is 5.75 Å². The maximum absolute atomic E-state index is 12.8. The molecule has 36 heavy (non-hydrogen) atoms. The summed E-state index contributed by atoms with van der Waals surface area (Å²) >= 11 is 0. The van der Waals surface area contributed by atoms with E-state index in [0.717, 1.165) is 31.2 Å². The number of sulfonamides is 1. The molecule has 1 amide bonds. The highest BCUT2D eigenvalue weighted by molar-refractivity contribution is 7.92. The number of carbonyl (C=O) groups is 2. The number of hydrogen-bond donors (Lipinski definition) is 3. The fourth-order valence-corrected chi connectivity index (χ4v) is 5.10. The fourth-order valence-electron chi connectivity index (χ4n) is 4.01. The molecule has 0 saturated heterocycles. The van der Waals surface area contributed by atoms with Gasteiger partial charge in [-0.1, -0.05) is 31.0 Å². The first-order valence-electron chi connectivity index (χ1n) is 11.3. The van der Waals surface area contributed by atoms with Crippen LogP contribution in [0.15, 0.2) is 53.4 Å². The summed E-state index contributed by atoms with van der Waals surface area (Å²) in [5.74, 6) is -2.17. The van der Waals surface area contributed by atoms with Crippen LogP contribution in [-0.2, 0) is 25.0 Å². The Morgan fingerprint density at radius 3 is 2.14 bits per heavy atom. The Bertz CT molecular complexity index is 1190. The summed E-state index contributed by atoms with van der Waals surface area (Å²) in [6.45, 7) is 0. The minimum Gasteiger partial charge on any atom is -0.497 e. The molecule has 196 valence electrons. The molecule has 0 atom stereocenters. The number of carbonyl (C=O) groups excluding carboxylic acids is 1. The number of hydrogen-bond acceptors (Lipinski definition) is 5. The summed E-state index contributed by atoms with van der Waals surface area (Å²) in [7, 11) is -2.23. The van der Waals surface area contributed by atoms with Crippen molar-refractivity contribution in [1.29, 1.82) is 0 Å². The Hall–Kier alpha value is -3.28. The van der Waals surface area contributed by atoms with Crippen LogP contribution in [-0.4, -0.2) is 44.7 Å². The molecule has 0 unspecified atom stereocenters. The van der Waals surface area contributed by atoms with Gasteiger partial charge >= 0.3 is 12.1 Å². The third-order valence-electron chi connectivity index (χ3n) is 6.16. The van der Waals surface area contributed by atoms with Gasteiger partial charge in [0.2, 0.25) is 5.91 Å². The van der Waals surface area contributed by atoms with Crippen molar-refractivity contribution in [2.75, 3.05) is 11.8 Å². The van der Waals surface area contributed by atoms with Crippen LogP contribution in [0.4, 0.5) is 18.9 Å². The van der Waals surface area contributed by atoms with E-state index in [1.54, 1.807) is 24.3 Å². The predicted octanol–water partition coefficient (Wildman–Crippen LogP) is 4.22. The van der Waals surface area contributed by atoms with E-state index < -0.39 is 27.6 Å². The number of benzene rings is 2. The van der Waals surface area contributed by atoms with Gasteiger partial charge in [0, 0.05) is 17.8 Å². The summed E-state index contributed by atoms with van der Waals surface area (Å²) in [5, 5.41) is 10.3. The zero-order valence-corrected chi connectivity index (χ0v) is 20.3. The first kappa shape index (κ1) is 27.3. The maximum atomic E-state index is 12.8. The molecule has 0 aromatic heterocycles. The second-order valence-electron chi connectivity index (χ2n) is 8.70. The molecular weight excluding hydrogens is 501 g/mol. The third-order valence-corrected chi connectivity index (χ3v) is 7.54. The zero-order valence-electron chi connectivity index (χ0n) is 19.5. The van der Waals surface area contributed by atoms with Crippen molar-refractivity contribution in [2.24, 2.45) is 0 Å². The lowest BCUT2D eigenvalue weighted by atomic mass is 9.94. The molecule has 4 rings (SSSR count). The molecule has 2 aromatic rings. The van der Waals surface area contributed by atoms with Gasteiger partial charge in [-0.2, -0.15) is 13.2 Å². The van der Waals surface area contributed by atoms with Crippen LogP contribution < -0.4 is 14.8 Å². The molecule has 0 radical (unpaired) electrons. The first-order chi connectivity index (χ1) is 16.9. The van der Waals surface area contributed by atoms with Crippen LogP contribution in [0.1, 0.15) is 44.1 Å². The summed E-state index contributed by atoms with van der Waals surface area (Å²) in [6, 6.07) is 13.8. The van der Waals surface area contributed by atoms with Gasteiger partial charge in [0.15, 0.2) is 0 Å². The number of anilines is 1. The largest absolute Gasteiger partial charge is 0.497 e. The first-order valence-corrected chi connectivity index (χ1v) is 12.7. The Labute approximate surface area is 206 Å². The van der Waals surface area contributed by atoms with Gasteiger partial charge in [-0.3, -0.25) is 9.52 Å². The smallest absolute Gasteiger partial charge is 0.490 e. The van der Waals surface area contributed by atoms with Crippen molar-refractivity contribution < 1.29 is 41.0 Å². The van der Waals surface area contributed by atoms with Gasteiger partial charge in [0.1, 0.15) is 5.75 Å². The molecule has 0 heterocycles. The molecule has 2 saturated carbocycles. The number of methoxy groups -OCH3 is 1. The molecule has 2 aromatic carbocycles. The number of amides is 1. The standard InChI is InChI=1S/C22H26N2O4S.C2HF3O2/c1-28-19-7-4-8-20(15-19)29(26,27)24-18-11-9-16(10-12-18)22(13-14-22)21(25)23-17-5-2-3-6-17;3-2(4,5)1(6)7/h4,7-12,15,17,24H,2-3,5-6,13-14H2,1H3,(H,23,25);(H,6,7). The summed E-state index contributed by atoms with van der Waals surface area (Å²) < 4.78 is 64.7. The van der Waals surface area contributed by atoms with Crippen LogP contribution in [0, 0.1) is 0 Å². The van der Waals surface area contributed by atoms with Crippen molar-refractivity contribution in [2.45, 2.75) is 61.1 Å². The number of alkyl halides is 3. The van der Waals surface area contributed by atoms with E-state index in [9.17, 15) is 26.4 Å². The van der Waals surface area contributed by atoms with Gasteiger partial charge in [-0.05, 0) is 55.5 Å². The highest BCUT2D eigenvalue weighted by Crippen LogP contribution is 2.49. The minimum atomic E-state index is -5.08. The van der Waals surface area contributed by atoms with E-state index in [1.165, 1.54) is 32.1 Å². The average Bonchev–Trinajstić information content (AvgIpc) is 3.49. The van der Waals surface area contributed by atoms with E-state index in [-0.39, 0.29) is 10.8 Å². The topological polar surface area (TPSA) is 122 Å². The van der Waals surface area contributed by atoms with Crippen LogP contribution in [0.25, 0.3) is 0 Å². The Morgan fingerprint density at radius 2 is 1.64 bits per heavy atom. The van der Waals surface area contributed by atoms with Crippen LogP contribution in [0.5, 0.6) is 5.75 Å². The quantitative estimate of drug-likeness (QED) is 0.495. The fraction of sp³-hybridized carbons (Fsp3) is 0.417. The minimum absolute atomic E-state index is 0.106. The van der Waals surface area contributed by atoms with Crippen molar-refractivity contribution in [3.63, 3.8) is 0 Å². The van der Waals surface area contributed by atoms with E-state index in [0.29, 0.717) is 17.5 Å². The SMILES string of the molecule is COc1cccc(S(=O)(=O)Nc2ccc(C3(C(=O)NC4CCCC4)CC3)cc2)c1.O=C(O)C(F)(F)F. The second-order valence-corrected chi connectivity index (χ2v) is 10.4. The molecule has 2 aliphatic carbocycles. The van der Waals surface area contributed by atoms with Gasteiger partial charge in [-0.15, -0.1) is 0 Å². The summed E-state index contributed by atoms with van der Waals surface area (Å²) in [5.41, 5.74) is 0.952. The van der Waals surface area contributed by atoms with Crippen molar-refractivity contribution in [1.82, 2.24) is 5.32 Å². The van der Waals surface area contributed by atoms with E-state index in [4.69, 9.17) is 14.6 Å². The van der Waals surface area contributed by atoms with Crippen molar-refractivity contribution in [3.05, 3.63) is 54.1 Å².